The van der Waals surface area contributed by atoms with Crippen molar-refractivity contribution in [3.63, 3.8) is 0 Å². The normalized spacial score (nSPS) is 26.1. The molecule has 1 aliphatic heterocycles. The number of carbonyl (C=O) groups is 1. The fourth-order valence-electron chi connectivity index (χ4n) is 3.23. The lowest BCUT2D eigenvalue weighted by Crippen LogP contribution is -2.25. The van der Waals surface area contributed by atoms with Crippen LogP contribution in [0.2, 0.25) is 0 Å². The van der Waals surface area contributed by atoms with E-state index >= 15 is 0 Å². The molecule has 0 bridgehead atoms. The van der Waals surface area contributed by atoms with E-state index in [4.69, 9.17) is 0 Å². The molecule has 0 radical (unpaired) electrons. The summed E-state index contributed by atoms with van der Waals surface area (Å²) in [7, 11) is 0. The van der Waals surface area contributed by atoms with Gasteiger partial charge in [0, 0.05) is 18.0 Å². The van der Waals surface area contributed by atoms with Crippen LogP contribution in [0.15, 0.2) is 0 Å². The molecule has 1 aromatic rings. The number of fused-ring (bicyclic) bond motifs is 1. The van der Waals surface area contributed by atoms with Gasteiger partial charge in [0.05, 0.1) is 5.69 Å². The van der Waals surface area contributed by atoms with Crippen LogP contribution in [0.25, 0.3) is 0 Å². The molecule has 1 N–H and O–H groups in total. The molecule has 1 saturated heterocycles. The Bertz CT molecular complexity index is 532. The van der Waals surface area contributed by atoms with E-state index in [1.54, 1.807) is 11.3 Å². The minimum Gasteiger partial charge on any atom is -0.481 e. The van der Waals surface area contributed by atoms with Gasteiger partial charge in [-0.25, -0.2) is 4.98 Å². The zero-order valence-electron chi connectivity index (χ0n) is 12.3. The van der Waals surface area contributed by atoms with Crippen molar-refractivity contribution in [1.82, 2.24) is 4.98 Å². The van der Waals surface area contributed by atoms with Gasteiger partial charge >= 0.3 is 5.97 Å². The lowest BCUT2D eigenvalue weighted by Gasteiger charge is -2.26. The number of anilines is 1. The number of aliphatic carboxylic acids is 1. The number of nitrogens with zero attached hydrogens (tertiary/aromatic N) is 2. The van der Waals surface area contributed by atoms with E-state index in [-0.39, 0.29) is 5.92 Å². The topological polar surface area (TPSA) is 53.4 Å². The Kier molecular flexibility index (Phi) is 3.27. The van der Waals surface area contributed by atoms with Crippen LogP contribution in [0.4, 0.5) is 5.13 Å². The van der Waals surface area contributed by atoms with Crippen molar-refractivity contribution in [3.05, 3.63) is 10.6 Å². The van der Waals surface area contributed by atoms with E-state index in [0.29, 0.717) is 17.8 Å². The summed E-state index contributed by atoms with van der Waals surface area (Å²) in [5.74, 6) is -0.415. The molecule has 2 unspecified atom stereocenters. The van der Waals surface area contributed by atoms with Gasteiger partial charge in [0.1, 0.15) is 5.92 Å². The predicted octanol–water partition coefficient (Wildman–Crippen LogP) is 3.13. The van der Waals surface area contributed by atoms with Gasteiger partial charge in [0.25, 0.3) is 0 Å². The van der Waals surface area contributed by atoms with Gasteiger partial charge < -0.3 is 10.0 Å². The molecule has 1 aliphatic carbocycles. The summed E-state index contributed by atoms with van der Waals surface area (Å²) >= 11 is 1.70. The van der Waals surface area contributed by atoms with Crippen LogP contribution in [0, 0.1) is 11.3 Å². The molecule has 2 heterocycles. The van der Waals surface area contributed by atoms with E-state index in [1.807, 2.05) is 0 Å². The van der Waals surface area contributed by atoms with Crippen LogP contribution in [-0.2, 0) is 11.2 Å². The third kappa shape index (κ3) is 2.32. The Morgan fingerprint density at radius 2 is 2.15 bits per heavy atom. The minimum atomic E-state index is -0.727. The minimum absolute atomic E-state index is 0.332. The van der Waals surface area contributed by atoms with Crippen LogP contribution >= 0.6 is 11.3 Å². The number of hydrogen-bond donors (Lipinski definition) is 1. The van der Waals surface area contributed by atoms with Crippen LogP contribution in [0.3, 0.4) is 0 Å². The van der Waals surface area contributed by atoms with Crippen LogP contribution in [0.5, 0.6) is 0 Å². The fraction of sp³-hybridized carbons (Fsp3) is 0.733. The second-order valence-corrected chi connectivity index (χ2v) is 8.09. The van der Waals surface area contributed by atoms with Crippen LogP contribution < -0.4 is 4.90 Å². The lowest BCUT2D eigenvalue weighted by molar-refractivity contribution is -0.138. The first-order valence-corrected chi connectivity index (χ1v) is 8.15. The molecule has 2 atom stereocenters. The summed E-state index contributed by atoms with van der Waals surface area (Å²) in [5, 5.41) is 10.3. The average molecular weight is 294 g/mol. The van der Waals surface area contributed by atoms with Gasteiger partial charge in [-0.3, -0.25) is 4.79 Å². The molecule has 0 saturated carbocycles. The molecule has 1 aromatic heterocycles. The third-order valence-corrected chi connectivity index (χ3v) is 5.88. The van der Waals surface area contributed by atoms with Crippen LogP contribution in [0.1, 0.15) is 50.1 Å². The Balaban J connectivity index is 1.78. The number of hydrogen-bond acceptors (Lipinski definition) is 4. The third-order valence-electron chi connectivity index (χ3n) is 4.69. The van der Waals surface area contributed by atoms with Crippen molar-refractivity contribution >= 4 is 22.4 Å². The molecule has 110 valence electrons. The Morgan fingerprint density at radius 3 is 2.75 bits per heavy atom. The Labute approximate surface area is 123 Å². The summed E-state index contributed by atoms with van der Waals surface area (Å²) in [5.41, 5.74) is 1.16. The summed E-state index contributed by atoms with van der Waals surface area (Å²) in [6.45, 7) is 8.98. The highest BCUT2D eigenvalue weighted by atomic mass is 32.1. The van der Waals surface area contributed by atoms with E-state index in [0.717, 1.165) is 30.3 Å². The molecule has 4 nitrogen and oxygen atoms in total. The van der Waals surface area contributed by atoms with Gasteiger partial charge in [-0.05, 0) is 30.6 Å². The van der Waals surface area contributed by atoms with Crippen molar-refractivity contribution in [2.24, 2.45) is 11.3 Å². The highest BCUT2D eigenvalue weighted by Crippen LogP contribution is 2.42. The van der Waals surface area contributed by atoms with Crippen molar-refractivity contribution in [2.45, 2.75) is 46.0 Å². The Morgan fingerprint density at radius 1 is 1.40 bits per heavy atom. The molecular formula is C15H22N2O2S. The highest BCUT2D eigenvalue weighted by Gasteiger charge is 2.36. The quantitative estimate of drug-likeness (QED) is 0.910. The highest BCUT2D eigenvalue weighted by molar-refractivity contribution is 7.15. The fourth-order valence-corrected chi connectivity index (χ4v) is 4.40. The van der Waals surface area contributed by atoms with Crippen LogP contribution in [-0.4, -0.2) is 29.1 Å². The van der Waals surface area contributed by atoms with Crippen molar-refractivity contribution in [2.75, 3.05) is 18.0 Å². The number of aromatic nitrogens is 1. The first kappa shape index (κ1) is 13.9. The van der Waals surface area contributed by atoms with E-state index in [9.17, 15) is 9.90 Å². The Hall–Kier alpha value is -1.10. The zero-order chi connectivity index (χ0) is 14.5. The summed E-state index contributed by atoms with van der Waals surface area (Å²) in [4.78, 5) is 19.4. The molecular weight excluding hydrogens is 272 g/mol. The molecule has 0 amide bonds. The van der Waals surface area contributed by atoms with Crippen molar-refractivity contribution in [3.8, 4) is 0 Å². The molecule has 1 fully saturated rings. The van der Waals surface area contributed by atoms with Crippen molar-refractivity contribution in [1.29, 1.82) is 0 Å². The second-order valence-electron chi connectivity index (χ2n) is 7.03. The number of carboxylic acid groups (broad SMARTS) is 1. The van der Waals surface area contributed by atoms with E-state index < -0.39 is 5.97 Å². The smallest absolute Gasteiger partial charge is 0.312 e. The zero-order valence-corrected chi connectivity index (χ0v) is 13.2. The first-order chi connectivity index (χ1) is 9.36. The summed E-state index contributed by atoms with van der Waals surface area (Å²) in [6, 6.07) is 0. The second kappa shape index (κ2) is 4.72. The molecule has 3 rings (SSSR count). The lowest BCUT2D eigenvalue weighted by atomic mass is 9.80. The SMILES string of the molecule is CC(C)(C)C1CCN(c2nc3c(s2)CCC3C(=O)O)C1. The molecule has 2 aliphatic rings. The van der Waals surface area contributed by atoms with Crippen molar-refractivity contribution < 1.29 is 9.90 Å². The maximum Gasteiger partial charge on any atom is 0.312 e. The number of thiazole rings is 1. The van der Waals surface area contributed by atoms with Gasteiger partial charge in [-0.1, -0.05) is 20.8 Å². The summed E-state index contributed by atoms with van der Waals surface area (Å²) in [6.07, 6.45) is 2.80. The van der Waals surface area contributed by atoms with E-state index in [1.165, 1.54) is 11.3 Å². The number of aryl methyl sites for hydroxylation is 1. The summed E-state index contributed by atoms with van der Waals surface area (Å²) < 4.78 is 0. The predicted molar refractivity (Wildman–Crippen MR) is 80.6 cm³/mol. The standard InChI is InChI=1S/C15H22N2O2S/c1-15(2,3)9-6-7-17(8-9)14-16-12-10(13(18)19)4-5-11(12)20-14/h9-10H,4-8H2,1-3H3,(H,18,19). The largest absolute Gasteiger partial charge is 0.481 e. The average Bonchev–Trinajstić information content (AvgIpc) is 3.01. The molecule has 5 heteroatoms. The maximum atomic E-state index is 11.2. The molecule has 0 aromatic carbocycles. The van der Waals surface area contributed by atoms with Gasteiger partial charge in [0.15, 0.2) is 5.13 Å². The van der Waals surface area contributed by atoms with Gasteiger partial charge in [0.2, 0.25) is 0 Å². The number of carboxylic acids is 1. The van der Waals surface area contributed by atoms with E-state index in [2.05, 4.69) is 30.7 Å². The first-order valence-electron chi connectivity index (χ1n) is 7.33. The van der Waals surface area contributed by atoms with Gasteiger partial charge in [-0.2, -0.15) is 0 Å². The molecule has 20 heavy (non-hydrogen) atoms. The molecule has 0 spiro atoms. The van der Waals surface area contributed by atoms with Gasteiger partial charge in [-0.15, -0.1) is 11.3 Å². The monoisotopic (exact) mass is 294 g/mol. The maximum absolute atomic E-state index is 11.2. The number of rotatable bonds is 2.